The lowest BCUT2D eigenvalue weighted by Crippen LogP contribution is -2.47. The Bertz CT molecular complexity index is 462. The zero-order valence-electron chi connectivity index (χ0n) is 15.6. The minimum Gasteiger partial charge on any atom is -0.392 e. The first-order valence-corrected chi connectivity index (χ1v) is 8.92. The lowest BCUT2D eigenvalue weighted by molar-refractivity contribution is -0.139. The van der Waals surface area contributed by atoms with Crippen LogP contribution < -0.4 is 0 Å². The SMILES string of the molecule is CC(=O)CC[C@@H]1C(C)(C)CCC[C@@]1(C)C(=O)CC/C(C)=C/CO. The van der Waals surface area contributed by atoms with E-state index >= 15 is 0 Å². The van der Waals surface area contributed by atoms with Crippen LogP contribution in [0.25, 0.3) is 0 Å². The largest absolute Gasteiger partial charge is 0.392 e. The number of aliphatic hydroxyl groups is 1. The Kier molecular flexibility index (Phi) is 7.19. The molecule has 0 heterocycles. The van der Waals surface area contributed by atoms with E-state index in [0.29, 0.717) is 18.6 Å². The number of aliphatic hydroxyl groups excluding tert-OH is 1. The second-order valence-corrected chi connectivity index (χ2v) is 8.21. The fraction of sp³-hybridized carbons (Fsp3) is 0.800. The van der Waals surface area contributed by atoms with Crippen molar-refractivity contribution in [3.63, 3.8) is 0 Å². The number of rotatable bonds is 8. The molecule has 1 fully saturated rings. The maximum atomic E-state index is 13.0. The summed E-state index contributed by atoms with van der Waals surface area (Å²) < 4.78 is 0. The Morgan fingerprint density at radius 1 is 1.09 bits per heavy atom. The molecule has 0 spiro atoms. The Hall–Kier alpha value is -0.960. The third-order valence-electron chi connectivity index (χ3n) is 5.84. The molecule has 0 unspecified atom stereocenters. The van der Waals surface area contributed by atoms with Gasteiger partial charge in [-0.3, -0.25) is 4.79 Å². The summed E-state index contributed by atoms with van der Waals surface area (Å²) in [6.45, 7) is 10.2. The van der Waals surface area contributed by atoms with Gasteiger partial charge >= 0.3 is 0 Å². The molecule has 0 amide bonds. The quantitative estimate of drug-likeness (QED) is 0.671. The monoisotopic (exact) mass is 322 g/mol. The van der Waals surface area contributed by atoms with E-state index in [1.165, 1.54) is 0 Å². The van der Waals surface area contributed by atoms with Crippen LogP contribution in [0.1, 0.15) is 79.6 Å². The van der Waals surface area contributed by atoms with Crippen LogP contribution in [0.5, 0.6) is 0 Å². The Morgan fingerprint density at radius 2 is 1.74 bits per heavy atom. The number of carbonyl (C=O) groups is 2. The topological polar surface area (TPSA) is 54.4 Å². The van der Waals surface area contributed by atoms with E-state index in [4.69, 9.17) is 5.11 Å². The molecule has 1 aliphatic carbocycles. The van der Waals surface area contributed by atoms with Crippen LogP contribution in [-0.4, -0.2) is 23.3 Å². The second kappa shape index (κ2) is 8.23. The molecule has 3 heteroatoms. The third kappa shape index (κ3) is 5.27. The molecule has 23 heavy (non-hydrogen) atoms. The van der Waals surface area contributed by atoms with Gasteiger partial charge in [-0.25, -0.2) is 0 Å². The smallest absolute Gasteiger partial charge is 0.139 e. The molecule has 0 radical (unpaired) electrons. The number of allylic oxidation sites excluding steroid dienone is 1. The molecule has 0 aliphatic heterocycles. The lowest BCUT2D eigenvalue weighted by Gasteiger charge is -2.50. The normalized spacial score (nSPS) is 27.7. The highest BCUT2D eigenvalue weighted by Crippen LogP contribution is 2.54. The number of hydrogen-bond donors (Lipinski definition) is 1. The standard InChI is InChI=1S/C20H34O3/c1-15(11-14-21)7-10-18(23)20(5)13-6-12-19(3,4)17(20)9-8-16(2)22/h11,17,21H,6-10,12-14H2,1-5H3/b15-11+/t17-,20-/m1/s1. The molecule has 0 aromatic carbocycles. The summed E-state index contributed by atoms with van der Waals surface area (Å²) in [7, 11) is 0. The fourth-order valence-corrected chi connectivity index (χ4v) is 4.37. The number of Topliss-reactive ketones (excluding diaryl/α,β-unsaturated/α-hetero) is 2. The minimum absolute atomic E-state index is 0.0333. The zero-order valence-corrected chi connectivity index (χ0v) is 15.6. The van der Waals surface area contributed by atoms with Crippen molar-refractivity contribution in [2.75, 3.05) is 6.61 Å². The summed E-state index contributed by atoms with van der Waals surface area (Å²) in [4.78, 5) is 24.4. The van der Waals surface area contributed by atoms with Crippen LogP contribution in [0.3, 0.4) is 0 Å². The summed E-state index contributed by atoms with van der Waals surface area (Å²) in [5, 5.41) is 8.94. The molecule has 0 aromatic heterocycles. The van der Waals surface area contributed by atoms with Crippen molar-refractivity contribution >= 4 is 11.6 Å². The highest BCUT2D eigenvalue weighted by molar-refractivity contribution is 5.85. The van der Waals surface area contributed by atoms with Crippen LogP contribution in [0.4, 0.5) is 0 Å². The van der Waals surface area contributed by atoms with E-state index < -0.39 is 0 Å². The van der Waals surface area contributed by atoms with Crippen molar-refractivity contribution < 1.29 is 14.7 Å². The van der Waals surface area contributed by atoms with Gasteiger partial charge in [-0.1, -0.05) is 38.8 Å². The van der Waals surface area contributed by atoms with Crippen LogP contribution >= 0.6 is 0 Å². The van der Waals surface area contributed by atoms with E-state index in [1.807, 2.05) is 6.92 Å². The van der Waals surface area contributed by atoms with Gasteiger partial charge in [0.15, 0.2) is 0 Å². The van der Waals surface area contributed by atoms with Gasteiger partial charge in [0.1, 0.15) is 11.6 Å². The van der Waals surface area contributed by atoms with Gasteiger partial charge in [0.25, 0.3) is 0 Å². The van der Waals surface area contributed by atoms with Gasteiger partial charge in [0, 0.05) is 18.3 Å². The zero-order chi connectivity index (χ0) is 17.7. The molecule has 1 rings (SSSR count). The first kappa shape index (κ1) is 20.1. The Balaban J connectivity index is 2.89. The van der Waals surface area contributed by atoms with E-state index in [0.717, 1.165) is 37.7 Å². The van der Waals surface area contributed by atoms with Gasteiger partial charge in [-0.2, -0.15) is 0 Å². The Labute approximate surface area is 141 Å². The van der Waals surface area contributed by atoms with Crippen molar-refractivity contribution in [2.45, 2.75) is 79.6 Å². The predicted molar refractivity (Wildman–Crippen MR) is 94.2 cm³/mol. The highest BCUT2D eigenvalue weighted by atomic mass is 16.2. The number of carbonyl (C=O) groups excluding carboxylic acids is 2. The molecule has 1 saturated carbocycles. The first-order chi connectivity index (χ1) is 10.6. The molecule has 0 aromatic rings. The molecule has 1 N–H and O–H groups in total. The van der Waals surface area contributed by atoms with Crippen LogP contribution in [0.15, 0.2) is 11.6 Å². The number of hydrogen-bond acceptors (Lipinski definition) is 3. The summed E-state index contributed by atoms with van der Waals surface area (Å²) >= 11 is 0. The Morgan fingerprint density at radius 3 is 2.30 bits per heavy atom. The molecule has 0 bridgehead atoms. The molecular formula is C20H34O3. The van der Waals surface area contributed by atoms with Gasteiger partial charge < -0.3 is 9.90 Å². The lowest BCUT2D eigenvalue weighted by atomic mass is 9.53. The highest BCUT2D eigenvalue weighted by Gasteiger charge is 2.49. The molecule has 2 atom stereocenters. The van der Waals surface area contributed by atoms with Crippen molar-refractivity contribution in [2.24, 2.45) is 16.7 Å². The average Bonchev–Trinajstić information content (AvgIpc) is 2.43. The first-order valence-electron chi connectivity index (χ1n) is 8.92. The van der Waals surface area contributed by atoms with Crippen molar-refractivity contribution in [1.29, 1.82) is 0 Å². The van der Waals surface area contributed by atoms with Crippen LogP contribution in [-0.2, 0) is 9.59 Å². The predicted octanol–water partition coefficient (Wildman–Crippen LogP) is 4.48. The van der Waals surface area contributed by atoms with Crippen LogP contribution in [0, 0.1) is 16.7 Å². The molecule has 132 valence electrons. The third-order valence-corrected chi connectivity index (χ3v) is 5.84. The van der Waals surface area contributed by atoms with Gasteiger partial charge in [0.05, 0.1) is 6.61 Å². The minimum atomic E-state index is -0.323. The van der Waals surface area contributed by atoms with E-state index in [9.17, 15) is 9.59 Å². The maximum Gasteiger partial charge on any atom is 0.139 e. The summed E-state index contributed by atoms with van der Waals surface area (Å²) in [6, 6.07) is 0. The fourth-order valence-electron chi connectivity index (χ4n) is 4.37. The molecule has 0 saturated heterocycles. The van der Waals surface area contributed by atoms with Gasteiger partial charge in [-0.05, 0) is 50.9 Å². The molecule has 1 aliphatic rings. The van der Waals surface area contributed by atoms with Crippen molar-refractivity contribution in [3.05, 3.63) is 11.6 Å². The van der Waals surface area contributed by atoms with Crippen LogP contribution in [0.2, 0.25) is 0 Å². The van der Waals surface area contributed by atoms with E-state index in [2.05, 4.69) is 20.8 Å². The van der Waals surface area contributed by atoms with Crippen molar-refractivity contribution in [1.82, 2.24) is 0 Å². The number of ketones is 2. The van der Waals surface area contributed by atoms with E-state index in [-0.39, 0.29) is 29.1 Å². The summed E-state index contributed by atoms with van der Waals surface area (Å²) in [5.74, 6) is 0.801. The summed E-state index contributed by atoms with van der Waals surface area (Å²) in [6.07, 6.45) is 7.55. The average molecular weight is 322 g/mol. The van der Waals surface area contributed by atoms with Gasteiger partial charge in [-0.15, -0.1) is 0 Å². The summed E-state index contributed by atoms with van der Waals surface area (Å²) in [5.41, 5.74) is 0.852. The second-order valence-electron chi connectivity index (χ2n) is 8.21. The maximum absolute atomic E-state index is 13.0. The van der Waals surface area contributed by atoms with Crippen molar-refractivity contribution in [3.8, 4) is 0 Å². The molecular weight excluding hydrogens is 288 g/mol. The molecule has 3 nitrogen and oxygen atoms in total. The van der Waals surface area contributed by atoms with Gasteiger partial charge in [0.2, 0.25) is 0 Å². The van der Waals surface area contributed by atoms with E-state index in [1.54, 1.807) is 13.0 Å².